The molecule has 0 aliphatic rings. The molecule has 0 atom stereocenters. The monoisotopic (exact) mass is 789 g/mol. The maximum absolute atomic E-state index is 5.26. The van der Waals surface area contributed by atoms with E-state index < -0.39 is 0 Å². The van der Waals surface area contributed by atoms with Crippen LogP contribution in [0.25, 0.3) is 111 Å². The first-order valence-corrected chi connectivity index (χ1v) is 21.0. The SMILES string of the molecule is c1ccc(-c2cc(-c3ccccc3)cc(-c3cc(-c4cccc(-c5cccc6c5ccc5nc(-c7ccccc7)cc(-c7ccccc7)c56)c4)nc(-c4ccccc4)n3)c2)cc1. The van der Waals surface area contributed by atoms with Crippen LogP contribution in [0, 0.1) is 0 Å². The van der Waals surface area contributed by atoms with Crippen LogP contribution in [-0.2, 0) is 0 Å². The Labute approximate surface area is 361 Å². The summed E-state index contributed by atoms with van der Waals surface area (Å²) >= 11 is 0. The second-order valence-corrected chi connectivity index (χ2v) is 15.6. The van der Waals surface area contributed by atoms with Gasteiger partial charge in [0.1, 0.15) is 0 Å². The minimum atomic E-state index is 0.683. The summed E-state index contributed by atoms with van der Waals surface area (Å²) in [4.78, 5) is 15.8. The first kappa shape index (κ1) is 36.8. The minimum Gasteiger partial charge on any atom is -0.248 e. The van der Waals surface area contributed by atoms with Crippen LogP contribution < -0.4 is 0 Å². The summed E-state index contributed by atoms with van der Waals surface area (Å²) in [5.41, 5.74) is 16.9. The Bertz CT molecular complexity index is 3310. The lowest BCUT2D eigenvalue weighted by Crippen LogP contribution is -1.97. The van der Waals surface area contributed by atoms with Crippen LogP contribution in [0.5, 0.6) is 0 Å². The van der Waals surface area contributed by atoms with E-state index in [0.717, 1.165) is 89.2 Å². The topological polar surface area (TPSA) is 38.7 Å². The Morgan fingerprint density at radius 3 is 1.32 bits per heavy atom. The van der Waals surface area contributed by atoms with Crippen LogP contribution in [0.3, 0.4) is 0 Å². The van der Waals surface area contributed by atoms with E-state index in [1.807, 2.05) is 24.3 Å². The lowest BCUT2D eigenvalue weighted by atomic mass is 9.91. The molecule has 3 nitrogen and oxygen atoms in total. The highest BCUT2D eigenvalue weighted by molar-refractivity contribution is 6.17. The van der Waals surface area contributed by atoms with Crippen LogP contribution in [0.1, 0.15) is 0 Å². The maximum Gasteiger partial charge on any atom is 0.160 e. The minimum absolute atomic E-state index is 0.683. The van der Waals surface area contributed by atoms with Crippen molar-refractivity contribution in [2.24, 2.45) is 0 Å². The standard InChI is InChI=1S/C59H39N3/c1-6-18-40(19-7-1)47-35-48(41-20-8-2-9-21-41)37-49(36-47)57-39-56(61-59(62-57)44-26-14-5-15-27-44)46-29-16-28-45(34-46)50-30-17-31-52-51(50)32-33-54-58(52)53(42-22-10-3-11-23-42)38-55(60-54)43-24-12-4-13-25-43/h1-39H. The van der Waals surface area contributed by atoms with Gasteiger partial charge in [-0.2, -0.15) is 0 Å². The molecule has 0 unspecified atom stereocenters. The number of pyridine rings is 1. The molecule has 0 saturated carbocycles. The number of nitrogens with zero attached hydrogens (tertiary/aromatic N) is 3. The van der Waals surface area contributed by atoms with Crippen molar-refractivity contribution in [3.8, 4) is 89.7 Å². The molecule has 62 heavy (non-hydrogen) atoms. The van der Waals surface area contributed by atoms with Crippen molar-refractivity contribution in [1.82, 2.24) is 15.0 Å². The number of hydrogen-bond donors (Lipinski definition) is 0. The number of hydrogen-bond acceptors (Lipinski definition) is 3. The van der Waals surface area contributed by atoms with Crippen molar-refractivity contribution in [2.45, 2.75) is 0 Å². The van der Waals surface area contributed by atoms with E-state index in [9.17, 15) is 0 Å². The van der Waals surface area contributed by atoms with Gasteiger partial charge in [-0.25, -0.2) is 15.0 Å². The summed E-state index contributed by atoms with van der Waals surface area (Å²) in [6.45, 7) is 0. The van der Waals surface area contributed by atoms with Crippen molar-refractivity contribution in [2.75, 3.05) is 0 Å². The average molecular weight is 790 g/mol. The maximum atomic E-state index is 5.26. The van der Waals surface area contributed by atoms with Crippen LogP contribution in [0.4, 0.5) is 0 Å². The van der Waals surface area contributed by atoms with Gasteiger partial charge in [-0.3, -0.25) is 0 Å². The predicted octanol–water partition coefficient (Wildman–Crippen LogP) is 15.5. The second-order valence-electron chi connectivity index (χ2n) is 15.6. The van der Waals surface area contributed by atoms with E-state index in [-0.39, 0.29) is 0 Å². The normalized spacial score (nSPS) is 11.2. The number of benzene rings is 9. The fourth-order valence-corrected chi connectivity index (χ4v) is 8.62. The van der Waals surface area contributed by atoms with Gasteiger partial charge in [0.2, 0.25) is 0 Å². The zero-order valence-electron chi connectivity index (χ0n) is 33.9. The van der Waals surface area contributed by atoms with Crippen molar-refractivity contribution in [3.63, 3.8) is 0 Å². The molecule has 2 aromatic heterocycles. The van der Waals surface area contributed by atoms with Crippen molar-refractivity contribution >= 4 is 21.7 Å². The molecular formula is C59H39N3. The van der Waals surface area contributed by atoms with Gasteiger partial charge >= 0.3 is 0 Å². The third-order valence-corrected chi connectivity index (χ3v) is 11.7. The predicted molar refractivity (Wildman–Crippen MR) is 258 cm³/mol. The Morgan fingerprint density at radius 2 is 0.694 bits per heavy atom. The summed E-state index contributed by atoms with van der Waals surface area (Å²) in [7, 11) is 0. The van der Waals surface area contributed by atoms with Gasteiger partial charge < -0.3 is 0 Å². The second kappa shape index (κ2) is 16.1. The molecule has 11 rings (SSSR count). The van der Waals surface area contributed by atoms with Gasteiger partial charge in [0.05, 0.1) is 22.6 Å². The van der Waals surface area contributed by atoms with Gasteiger partial charge in [-0.05, 0) is 97.7 Å². The number of fused-ring (bicyclic) bond motifs is 3. The third-order valence-electron chi connectivity index (χ3n) is 11.7. The van der Waals surface area contributed by atoms with Gasteiger partial charge in [-0.1, -0.05) is 194 Å². The highest BCUT2D eigenvalue weighted by Gasteiger charge is 2.17. The summed E-state index contributed by atoms with van der Waals surface area (Å²) in [6, 6.07) is 83.5. The Kier molecular flexibility index (Phi) is 9.53. The fourth-order valence-electron chi connectivity index (χ4n) is 8.62. The van der Waals surface area contributed by atoms with Crippen LogP contribution in [-0.4, -0.2) is 15.0 Å². The molecule has 0 radical (unpaired) electrons. The smallest absolute Gasteiger partial charge is 0.160 e. The highest BCUT2D eigenvalue weighted by Crippen LogP contribution is 2.41. The van der Waals surface area contributed by atoms with Crippen LogP contribution in [0.2, 0.25) is 0 Å². The molecule has 0 spiro atoms. The molecule has 290 valence electrons. The summed E-state index contributed by atoms with van der Waals surface area (Å²) in [5, 5.41) is 3.48. The number of rotatable bonds is 8. The molecule has 9 aromatic carbocycles. The molecule has 0 fully saturated rings. The van der Waals surface area contributed by atoms with E-state index in [1.54, 1.807) is 0 Å². The first-order chi connectivity index (χ1) is 30.7. The van der Waals surface area contributed by atoms with E-state index in [2.05, 4.69) is 212 Å². The third kappa shape index (κ3) is 7.12. The van der Waals surface area contributed by atoms with Gasteiger partial charge in [0.25, 0.3) is 0 Å². The lowest BCUT2D eigenvalue weighted by Gasteiger charge is -2.15. The Morgan fingerprint density at radius 1 is 0.226 bits per heavy atom. The summed E-state index contributed by atoms with van der Waals surface area (Å²) in [5.74, 6) is 0.683. The van der Waals surface area contributed by atoms with Gasteiger partial charge in [0.15, 0.2) is 5.82 Å². The van der Waals surface area contributed by atoms with Crippen LogP contribution in [0.15, 0.2) is 237 Å². The van der Waals surface area contributed by atoms with Crippen molar-refractivity contribution in [3.05, 3.63) is 237 Å². The quantitative estimate of drug-likeness (QED) is 0.144. The number of aromatic nitrogens is 3. The first-order valence-electron chi connectivity index (χ1n) is 21.0. The molecule has 0 bridgehead atoms. The molecule has 11 aromatic rings. The fraction of sp³-hybridized carbons (Fsp3) is 0. The summed E-state index contributed by atoms with van der Waals surface area (Å²) < 4.78 is 0. The average Bonchev–Trinajstić information content (AvgIpc) is 3.36. The molecule has 0 N–H and O–H groups in total. The van der Waals surface area contributed by atoms with Crippen LogP contribution >= 0.6 is 0 Å². The zero-order chi connectivity index (χ0) is 41.2. The molecule has 0 aliphatic heterocycles. The highest BCUT2D eigenvalue weighted by atomic mass is 14.9. The summed E-state index contributed by atoms with van der Waals surface area (Å²) in [6.07, 6.45) is 0. The largest absolute Gasteiger partial charge is 0.248 e. The zero-order valence-corrected chi connectivity index (χ0v) is 33.9. The van der Waals surface area contributed by atoms with E-state index in [0.29, 0.717) is 5.82 Å². The van der Waals surface area contributed by atoms with E-state index in [4.69, 9.17) is 15.0 Å². The molecular weight excluding hydrogens is 751 g/mol. The molecule has 0 amide bonds. The van der Waals surface area contributed by atoms with E-state index >= 15 is 0 Å². The molecule has 2 heterocycles. The lowest BCUT2D eigenvalue weighted by molar-refractivity contribution is 1.18. The van der Waals surface area contributed by atoms with Gasteiger partial charge in [0, 0.05) is 27.6 Å². The molecule has 0 aliphatic carbocycles. The molecule has 0 saturated heterocycles. The van der Waals surface area contributed by atoms with E-state index in [1.165, 1.54) is 16.3 Å². The van der Waals surface area contributed by atoms with Crippen molar-refractivity contribution in [1.29, 1.82) is 0 Å². The van der Waals surface area contributed by atoms with Gasteiger partial charge in [-0.15, -0.1) is 0 Å². The van der Waals surface area contributed by atoms with Crippen molar-refractivity contribution < 1.29 is 0 Å². The Balaban J connectivity index is 1.07. The molecule has 3 heteroatoms. The Hall–Kier alpha value is -8.27.